The summed E-state index contributed by atoms with van der Waals surface area (Å²) < 4.78 is 17.8. The lowest BCUT2D eigenvalue weighted by atomic mass is 9.99. The van der Waals surface area contributed by atoms with E-state index in [1.165, 1.54) is 0 Å². The highest BCUT2D eigenvalue weighted by Gasteiger charge is 2.30. The molecule has 4 rings (SSSR count). The van der Waals surface area contributed by atoms with E-state index in [1.54, 1.807) is 26.0 Å². The normalized spacial score (nSPS) is 12.4. The Bertz CT molecular complexity index is 1370. The summed E-state index contributed by atoms with van der Waals surface area (Å²) in [5, 5.41) is 13.5. The summed E-state index contributed by atoms with van der Waals surface area (Å²) in [5.74, 6) is 2.42. The van der Waals surface area contributed by atoms with Crippen molar-refractivity contribution in [2.24, 2.45) is 5.92 Å². The fraction of sp³-hybridized carbons (Fsp3) is 0.407. The van der Waals surface area contributed by atoms with Gasteiger partial charge in [0, 0.05) is 36.7 Å². The summed E-state index contributed by atoms with van der Waals surface area (Å²) in [5.41, 5.74) is 2.37. The third-order valence-corrected chi connectivity index (χ3v) is 6.40. The van der Waals surface area contributed by atoms with Crippen LogP contribution in [0, 0.1) is 5.92 Å². The molecule has 0 aliphatic heterocycles. The Hall–Kier alpha value is -3.76. The summed E-state index contributed by atoms with van der Waals surface area (Å²) in [6.45, 7) is 6.28. The number of pyridine rings is 1. The minimum atomic E-state index is -0.158. The van der Waals surface area contributed by atoms with Crippen LogP contribution in [0.5, 0.6) is 11.5 Å². The van der Waals surface area contributed by atoms with Crippen LogP contribution in [0.1, 0.15) is 36.8 Å². The predicted octanol–water partition coefficient (Wildman–Crippen LogP) is 3.58. The second-order valence-corrected chi connectivity index (χ2v) is 9.27. The Balaban J connectivity index is 1.76. The zero-order chi connectivity index (χ0) is 26.4. The Morgan fingerprint density at radius 3 is 2.38 bits per heavy atom. The molecule has 1 atom stereocenters. The molecule has 0 fully saturated rings. The highest BCUT2D eigenvalue weighted by Crippen LogP contribution is 2.31. The topological polar surface area (TPSA) is 107 Å². The number of hydrogen-bond acceptors (Lipinski definition) is 8. The average molecular weight is 507 g/mol. The van der Waals surface area contributed by atoms with Crippen LogP contribution in [0.4, 0.5) is 0 Å². The SMILES string of the molecule is COCCn1nnnc1C(C(C)C)N(Cc1ccc(OC)cc1)Cc1cc2cc(OC)ccc2[nH]c1=O. The summed E-state index contributed by atoms with van der Waals surface area (Å²) in [6, 6.07) is 15.3. The molecule has 0 radical (unpaired) electrons. The third-order valence-electron chi connectivity index (χ3n) is 6.40. The molecule has 2 aromatic heterocycles. The van der Waals surface area contributed by atoms with Crippen molar-refractivity contribution in [2.75, 3.05) is 27.9 Å². The number of H-pyrrole nitrogens is 1. The first-order chi connectivity index (χ1) is 17.9. The molecule has 1 unspecified atom stereocenters. The second kappa shape index (κ2) is 12.0. The minimum Gasteiger partial charge on any atom is -0.497 e. The molecule has 10 heteroatoms. The van der Waals surface area contributed by atoms with E-state index in [1.807, 2.05) is 48.5 Å². The molecule has 0 saturated heterocycles. The number of fused-ring (bicyclic) bond motifs is 1. The van der Waals surface area contributed by atoms with Gasteiger partial charge in [-0.15, -0.1) is 5.10 Å². The first-order valence-corrected chi connectivity index (χ1v) is 12.3. The number of nitrogens with one attached hydrogen (secondary N) is 1. The van der Waals surface area contributed by atoms with Crippen molar-refractivity contribution < 1.29 is 14.2 Å². The van der Waals surface area contributed by atoms with Crippen molar-refractivity contribution >= 4 is 10.9 Å². The lowest BCUT2D eigenvalue weighted by Gasteiger charge is -2.33. The van der Waals surface area contributed by atoms with Gasteiger partial charge in [-0.1, -0.05) is 26.0 Å². The lowest BCUT2D eigenvalue weighted by molar-refractivity contribution is 0.121. The number of aromatic amines is 1. The molecule has 0 aliphatic carbocycles. The van der Waals surface area contributed by atoms with Crippen LogP contribution in [0.25, 0.3) is 10.9 Å². The van der Waals surface area contributed by atoms with Gasteiger partial charge in [0.2, 0.25) is 0 Å². The number of hydrogen-bond donors (Lipinski definition) is 1. The Kier molecular flexibility index (Phi) is 8.52. The largest absolute Gasteiger partial charge is 0.497 e. The van der Waals surface area contributed by atoms with E-state index in [2.05, 4.69) is 39.3 Å². The summed E-state index contributed by atoms with van der Waals surface area (Å²) in [4.78, 5) is 18.4. The molecule has 0 amide bonds. The van der Waals surface area contributed by atoms with Gasteiger partial charge in [-0.3, -0.25) is 9.69 Å². The van der Waals surface area contributed by atoms with Gasteiger partial charge in [-0.25, -0.2) is 4.68 Å². The molecule has 4 aromatic rings. The number of ether oxygens (including phenoxy) is 3. The predicted molar refractivity (Wildman–Crippen MR) is 141 cm³/mol. The fourth-order valence-electron chi connectivity index (χ4n) is 4.55. The van der Waals surface area contributed by atoms with E-state index in [9.17, 15) is 4.79 Å². The van der Waals surface area contributed by atoms with Gasteiger partial charge in [0.1, 0.15) is 11.5 Å². The van der Waals surface area contributed by atoms with Crippen LogP contribution in [-0.4, -0.2) is 58.0 Å². The Labute approximate surface area is 216 Å². The monoisotopic (exact) mass is 506 g/mol. The zero-order valence-corrected chi connectivity index (χ0v) is 22.0. The van der Waals surface area contributed by atoms with Crippen LogP contribution in [0.15, 0.2) is 53.3 Å². The molecular weight excluding hydrogens is 472 g/mol. The third kappa shape index (κ3) is 6.15. The molecule has 196 valence electrons. The zero-order valence-electron chi connectivity index (χ0n) is 22.0. The van der Waals surface area contributed by atoms with Gasteiger partial charge >= 0.3 is 0 Å². The van der Waals surface area contributed by atoms with Gasteiger partial charge in [-0.2, -0.15) is 0 Å². The maximum Gasteiger partial charge on any atom is 0.252 e. The summed E-state index contributed by atoms with van der Waals surface area (Å²) in [6.07, 6.45) is 0. The van der Waals surface area contributed by atoms with Crippen molar-refractivity contribution in [3.8, 4) is 11.5 Å². The molecule has 0 saturated carbocycles. The highest BCUT2D eigenvalue weighted by atomic mass is 16.5. The summed E-state index contributed by atoms with van der Waals surface area (Å²) >= 11 is 0. The highest BCUT2D eigenvalue weighted by molar-refractivity contribution is 5.80. The van der Waals surface area contributed by atoms with E-state index < -0.39 is 0 Å². The van der Waals surface area contributed by atoms with E-state index in [0.717, 1.165) is 33.8 Å². The van der Waals surface area contributed by atoms with Crippen molar-refractivity contribution in [1.29, 1.82) is 0 Å². The quantitative estimate of drug-likeness (QED) is 0.311. The maximum atomic E-state index is 13.2. The molecule has 0 aliphatic rings. The van der Waals surface area contributed by atoms with Gasteiger partial charge in [0.15, 0.2) is 5.82 Å². The van der Waals surface area contributed by atoms with Crippen LogP contribution in [0.3, 0.4) is 0 Å². The van der Waals surface area contributed by atoms with Crippen LogP contribution in [0.2, 0.25) is 0 Å². The molecule has 0 bridgehead atoms. The number of tetrazole rings is 1. The average Bonchev–Trinajstić information content (AvgIpc) is 3.35. The van der Waals surface area contributed by atoms with E-state index in [4.69, 9.17) is 14.2 Å². The molecule has 2 heterocycles. The standard InChI is InChI=1S/C27H34N6O4/c1-18(2)25(26-29-30-31-33(26)12-13-35-3)32(16-19-6-8-22(36-4)9-7-19)17-21-14-20-15-23(37-5)10-11-24(20)28-27(21)34/h6-11,14-15,18,25H,12-13,16-17H2,1-5H3,(H,28,34). The number of benzene rings is 2. The van der Waals surface area contributed by atoms with E-state index >= 15 is 0 Å². The minimum absolute atomic E-state index is 0.126. The number of nitrogens with zero attached hydrogens (tertiary/aromatic N) is 5. The molecule has 0 spiro atoms. The Morgan fingerprint density at radius 1 is 0.973 bits per heavy atom. The van der Waals surface area contributed by atoms with E-state index in [-0.39, 0.29) is 17.5 Å². The van der Waals surface area contributed by atoms with Gasteiger partial charge in [0.05, 0.1) is 33.4 Å². The maximum absolute atomic E-state index is 13.2. The van der Waals surface area contributed by atoms with Crippen LogP contribution < -0.4 is 15.0 Å². The molecule has 10 nitrogen and oxygen atoms in total. The second-order valence-electron chi connectivity index (χ2n) is 9.27. The first kappa shape index (κ1) is 26.3. The van der Waals surface area contributed by atoms with Gasteiger partial charge < -0.3 is 19.2 Å². The van der Waals surface area contributed by atoms with Crippen molar-refractivity contribution in [3.05, 3.63) is 75.8 Å². The number of methoxy groups -OCH3 is 3. The van der Waals surface area contributed by atoms with Crippen LogP contribution >= 0.6 is 0 Å². The van der Waals surface area contributed by atoms with E-state index in [0.29, 0.717) is 31.8 Å². The van der Waals surface area contributed by atoms with Gasteiger partial charge in [0.25, 0.3) is 5.56 Å². The number of aromatic nitrogens is 5. The Morgan fingerprint density at radius 2 is 1.70 bits per heavy atom. The van der Waals surface area contributed by atoms with Gasteiger partial charge in [-0.05, 0) is 58.3 Å². The smallest absolute Gasteiger partial charge is 0.252 e. The molecular formula is C27H34N6O4. The fourth-order valence-corrected chi connectivity index (χ4v) is 4.55. The molecule has 2 aromatic carbocycles. The first-order valence-electron chi connectivity index (χ1n) is 12.3. The van der Waals surface area contributed by atoms with Crippen molar-refractivity contribution in [3.63, 3.8) is 0 Å². The van der Waals surface area contributed by atoms with Crippen LogP contribution in [-0.2, 0) is 24.4 Å². The number of rotatable bonds is 12. The van der Waals surface area contributed by atoms with Crippen molar-refractivity contribution in [2.45, 2.75) is 39.5 Å². The summed E-state index contributed by atoms with van der Waals surface area (Å²) in [7, 11) is 4.93. The molecule has 1 N–H and O–H groups in total. The lowest BCUT2D eigenvalue weighted by Crippen LogP contribution is -2.35. The van der Waals surface area contributed by atoms with Crippen molar-refractivity contribution in [1.82, 2.24) is 30.1 Å². The molecule has 37 heavy (non-hydrogen) atoms.